The van der Waals surface area contributed by atoms with Crippen LogP contribution in [0.15, 0.2) is 21.4 Å². The molecule has 1 heterocycles. The van der Waals surface area contributed by atoms with E-state index in [4.69, 9.17) is 4.42 Å². The third-order valence-electron chi connectivity index (χ3n) is 1.87. The van der Waals surface area contributed by atoms with E-state index in [0.717, 1.165) is 0 Å². The maximum atomic E-state index is 11.5. The van der Waals surface area contributed by atoms with E-state index in [2.05, 4.69) is 26.6 Å². The minimum absolute atomic E-state index is 0.0749. The highest BCUT2D eigenvalue weighted by Crippen LogP contribution is 2.16. The van der Waals surface area contributed by atoms with E-state index in [-0.39, 0.29) is 18.2 Å². The zero-order valence-electron chi connectivity index (χ0n) is 8.88. The van der Waals surface area contributed by atoms with Crippen LogP contribution >= 0.6 is 15.9 Å². The first-order valence-corrected chi connectivity index (χ1v) is 5.72. The van der Waals surface area contributed by atoms with Crippen molar-refractivity contribution in [3.63, 3.8) is 0 Å². The molecular formula is C10H13BrN2O3. The summed E-state index contributed by atoms with van der Waals surface area (Å²) >= 11 is 3.11. The second-order valence-corrected chi connectivity index (χ2v) is 3.79. The van der Waals surface area contributed by atoms with Gasteiger partial charge in [0.05, 0.1) is 11.8 Å². The molecule has 1 aromatic rings. The van der Waals surface area contributed by atoms with Crippen molar-refractivity contribution in [2.45, 2.75) is 13.3 Å². The van der Waals surface area contributed by atoms with Crippen LogP contribution in [0.4, 0.5) is 0 Å². The van der Waals surface area contributed by atoms with Crippen LogP contribution in [0, 0.1) is 0 Å². The van der Waals surface area contributed by atoms with Crippen LogP contribution in [0.5, 0.6) is 0 Å². The SMILES string of the molecule is CCNC(=O)CCNC(=O)c1ccoc1Br. The van der Waals surface area contributed by atoms with Gasteiger partial charge in [-0.1, -0.05) is 0 Å². The van der Waals surface area contributed by atoms with Gasteiger partial charge in [-0.25, -0.2) is 0 Å². The Kier molecular flexibility index (Phi) is 5.04. The average Bonchev–Trinajstić information content (AvgIpc) is 2.64. The van der Waals surface area contributed by atoms with Crippen LogP contribution in [-0.2, 0) is 4.79 Å². The number of amides is 2. The van der Waals surface area contributed by atoms with Crippen LogP contribution in [0.25, 0.3) is 0 Å². The topological polar surface area (TPSA) is 71.3 Å². The lowest BCUT2D eigenvalue weighted by atomic mass is 10.3. The van der Waals surface area contributed by atoms with Gasteiger partial charge in [0.15, 0.2) is 4.67 Å². The summed E-state index contributed by atoms with van der Waals surface area (Å²) in [6.07, 6.45) is 1.69. The molecule has 0 unspecified atom stereocenters. The van der Waals surface area contributed by atoms with Crippen molar-refractivity contribution < 1.29 is 14.0 Å². The van der Waals surface area contributed by atoms with Gasteiger partial charge >= 0.3 is 0 Å². The molecule has 2 N–H and O–H groups in total. The number of halogens is 1. The summed E-state index contributed by atoms with van der Waals surface area (Å²) in [5, 5.41) is 5.27. The molecule has 0 aliphatic heterocycles. The third kappa shape index (κ3) is 3.69. The van der Waals surface area contributed by atoms with E-state index in [9.17, 15) is 9.59 Å². The molecule has 0 saturated heterocycles. The summed E-state index contributed by atoms with van der Waals surface area (Å²) in [5.74, 6) is -0.334. The van der Waals surface area contributed by atoms with E-state index in [0.29, 0.717) is 23.3 Å². The summed E-state index contributed by atoms with van der Waals surface area (Å²) in [5.41, 5.74) is 0.427. The zero-order chi connectivity index (χ0) is 12.0. The lowest BCUT2D eigenvalue weighted by Crippen LogP contribution is -2.30. The molecule has 16 heavy (non-hydrogen) atoms. The van der Waals surface area contributed by atoms with Crippen LogP contribution in [-0.4, -0.2) is 24.9 Å². The molecule has 0 radical (unpaired) electrons. The summed E-state index contributed by atoms with van der Waals surface area (Å²) in [6.45, 7) is 2.75. The molecule has 1 rings (SSSR count). The van der Waals surface area contributed by atoms with Crippen molar-refractivity contribution in [3.8, 4) is 0 Å². The van der Waals surface area contributed by atoms with Gasteiger partial charge in [0.25, 0.3) is 5.91 Å². The Bertz CT molecular complexity index is 376. The average molecular weight is 289 g/mol. The molecule has 0 spiro atoms. The molecule has 88 valence electrons. The molecular weight excluding hydrogens is 276 g/mol. The van der Waals surface area contributed by atoms with Gasteiger partial charge in [0.2, 0.25) is 5.91 Å². The molecule has 0 fully saturated rings. The summed E-state index contributed by atoms with van der Waals surface area (Å²) < 4.78 is 5.32. The predicted molar refractivity (Wildman–Crippen MR) is 62.0 cm³/mol. The van der Waals surface area contributed by atoms with Gasteiger partial charge in [0, 0.05) is 19.5 Å². The first-order valence-electron chi connectivity index (χ1n) is 4.93. The van der Waals surface area contributed by atoms with Gasteiger partial charge < -0.3 is 15.1 Å². The third-order valence-corrected chi connectivity index (χ3v) is 2.49. The van der Waals surface area contributed by atoms with E-state index < -0.39 is 0 Å². The normalized spacial score (nSPS) is 9.88. The Hall–Kier alpha value is -1.30. The summed E-state index contributed by atoms with van der Waals surface area (Å²) in [4.78, 5) is 22.6. The molecule has 5 nitrogen and oxygen atoms in total. The van der Waals surface area contributed by atoms with E-state index >= 15 is 0 Å². The number of carbonyl (C=O) groups is 2. The molecule has 0 aliphatic rings. The summed E-state index contributed by atoms with van der Waals surface area (Å²) in [7, 11) is 0. The minimum Gasteiger partial charge on any atom is -0.457 e. The standard InChI is InChI=1S/C10H13BrN2O3/c1-2-12-8(14)3-5-13-10(15)7-4-6-16-9(7)11/h4,6H,2-3,5H2,1H3,(H,12,14)(H,13,15). The lowest BCUT2D eigenvalue weighted by Gasteiger charge is -2.04. The largest absolute Gasteiger partial charge is 0.457 e. The van der Waals surface area contributed by atoms with Crippen molar-refractivity contribution in [1.82, 2.24) is 10.6 Å². The van der Waals surface area contributed by atoms with Crippen LogP contribution < -0.4 is 10.6 Å². The van der Waals surface area contributed by atoms with E-state index in [1.165, 1.54) is 6.26 Å². The molecule has 2 amide bonds. The number of carbonyl (C=O) groups excluding carboxylic acids is 2. The van der Waals surface area contributed by atoms with Crippen molar-refractivity contribution in [1.29, 1.82) is 0 Å². The Morgan fingerprint density at radius 1 is 1.44 bits per heavy atom. The minimum atomic E-state index is -0.259. The van der Waals surface area contributed by atoms with Crippen LogP contribution in [0.1, 0.15) is 23.7 Å². The Balaban J connectivity index is 2.31. The van der Waals surface area contributed by atoms with Crippen molar-refractivity contribution in [2.75, 3.05) is 13.1 Å². The fraction of sp³-hybridized carbons (Fsp3) is 0.400. The van der Waals surface area contributed by atoms with Gasteiger partial charge in [-0.15, -0.1) is 0 Å². The number of hydrogen-bond acceptors (Lipinski definition) is 3. The van der Waals surface area contributed by atoms with Crippen LogP contribution in [0.2, 0.25) is 0 Å². The number of rotatable bonds is 5. The quantitative estimate of drug-likeness (QED) is 0.858. The molecule has 1 aromatic heterocycles. The van der Waals surface area contributed by atoms with Crippen molar-refractivity contribution >= 4 is 27.7 Å². The first-order chi connectivity index (χ1) is 7.65. The first kappa shape index (κ1) is 12.8. The summed E-state index contributed by atoms with van der Waals surface area (Å²) in [6, 6.07) is 1.56. The molecule has 0 saturated carbocycles. The number of furan rings is 1. The van der Waals surface area contributed by atoms with Gasteiger partial charge in [-0.05, 0) is 28.9 Å². The van der Waals surface area contributed by atoms with Crippen LogP contribution in [0.3, 0.4) is 0 Å². The Labute approximate surface area is 102 Å². The lowest BCUT2D eigenvalue weighted by molar-refractivity contribution is -0.120. The van der Waals surface area contributed by atoms with Gasteiger partial charge in [-0.2, -0.15) is 0 Å². The monoisotopic (exact) mass is 288 g/mol. The number of nitrogens with one attached hydrogen (secondary N) is 2. The molecule has 0 aliphatic carbocycles. The molecule has 0 bridgehead atoms. The zero-order valence-corrected chi connectivity index (χ0v) is 10.5. The highest BCUT2D eigenvalue weighted by atomic mass is 79.9. The van der Waals surface area contributed by atoms with E-state index in [1.54, 1.807) is 6.07 Å². The molecule has 6 heteroatoms. The maximum absolute atomic E-state index is 11.5. The highest BCUT2D eigenvalue weighted by molar-refractivity contribution is 9.10. The number of hydrogen-bond donors (Lipinski definition) is 2. The Morgan fingerprint density at radius 2 is 2.19 bits per heavy atom. The highest BCUT2D eigenvalue weighted by Gasteiger charge is 2.12. The fourth-order valence-electron chi connectivity index (χ4n) is 1.13. The van der Waals surface area contributed by atoms with Gasteiger partial charge in [0.1, 0.15) is 0 Å². The Morgan fingerprint density at radius 3 is 2.75 bits per heavy atom. The predicted octanol–water partition coefficient (Wildman–Crippen LogP) is 1.30. The molecule has 0 atom stereocenters. The van der Waals surface area contributed by atoms with Gasteiger partial charge in [-0.3, -0.25) is 9.59 Å². The van der Waals surface area contributed by atoms with Crippen molar-refractivity contribution in [2.24, 2.45) is 0 Å². The fourth-order valence-corrected chi connectivity index (χ4v) is 1.55. The van der Waals surface area contributed by atoms with Crippen molar-refractivity contribution in [3.05, 3.63) is 22.6 Å². The molecule has 0 aromatic carbocycles. The second kappa shape index (κ2) is 6.32. The second-order valence-electron chi connectivity index (χ2n) is 3.07. The maximum Gasteiger partial charge on any atom is 0.255 e. The van der Waals surface area contributed by atoms with E-state index in [1.807, 2.05) is 6.92 Å². The smallest absolute Gasteiger partial charge is 0.255 e.